The van der Waals surface area contributed by atoms with E-state index in [9.17, 15) is 9.59 Å². The minimum absolute atomic E-state index is 0.205. The number of aryl methyl sites for hydroxylation is 1. The van der Waals surface area contributed by atoms with Gasteiger partial charge >= 0.3 is 5.97 Å². The van der Waals surface area contributed by atoms with Crippen LogP contribution in [0.4, 0.5) is 0 Å². The number of carbonyl (C=O) groups is 2. The molecule has 0 N–H and O–H groups in total. The molecule has 5 heteroatoms. The predicted molar refractivity (Wildman–Crippen MR) is 130 cm³/mol. The Hall–Kier alpha value is -3.31. The third kappa shape index (κ3) is 4.48. The van der Waals surface area contributed by atoms with Gasteiger partial charge in [0.05, 0.1) is 16.8 Å². The molecule has 0 aliphatic heterocycles. The van der Waals surface area contributed by atoms with E-state index >= 15 is 0 Å². The summed E-state index contributed by atoms with van der Waals surface area (Å²) in [5, 5.41) is 0.706. The molecule has 3 aromatic carbocycles. The number of pyridine rings is 1. The van der Waals surface area contributed by atoms with E-state index in [1.54, 1.807) is 30.3 Å². The smallest absolute Gasteiger partial charge is 0.339 e. The highest BCUT2D eigenvalue weighted by Crippen LogP contribution is 2.28. The van der Waals surface area contributed by atoms with Crippen molar-refractivity contribution in [3.05, 3.63) is 100 Å². The quantitative estimate of drug-likeness (QED) is 0.222. The fourth-order valence-corrected chi connectivity index (χ4v) is 3.90. The van der Waals surface area contributed by atoms with Gasteiger partial charge < -0.3 is 4.74 Å². The number of esters is 1. The highest BCUT2D eigenvalue weighted by Gasteiger charge is 2.25. The number of Topliss-reactive ketones (excluding diaryl/α,β-unsaturated/α-hetero) is 1. The number of hydrogen-bond acceptors (Lipinski definition) is 4. The van der Waals surface area contributed by atoms with Gasteiger partial charge in [-0.2, -0.15) is 0 Å². The Labute approximate surface area is 195 Å². The minimum Gasteiger partial charge on any atom is -0.450 e. The van der Waals surface area contributed by atoms with Crippen LogP contribution < -0.4 is 0 Å². The van der Waals surface area contributed by atoms with Crippen LogP contribution in [0.15, 0.2) is 83.3 Å². The summed E-state index contributed by atoms with van der Waals surface area (Å²) in [4.78, 5) is 31.0. The zero-order valence-corrected chi connectivity index (χ0v) is 19.4. The maximum atomic E-state index is 13.3. The number of carbonyl (C=O) groups excluding carboxylic acids is 2. The van der Waals surface area contributed by atoms with Crippen LogP contribution in [0.5, 0.6) is 0 Å². The van der Waals surface area contributed by atoms with Crippen molar-refractivity contribution in [3.63, 3.8) is 0 Å². The summed E-state index contributed by atoms with van der Waals surface area (Å²) in [6.45, 7) is 3.80. The molecule has 4 rings (SSSR count). The van der Waals surface area contributed by atoms with Crippen LogP contribution in [-0.2, 0) is 4.74 Å². The van der Waals surface area contributed by atoms with Crippen LogP contribution >= 0.6 is 15.9 Å². The number of ketones is 1. The predicted octanol–water partition coefficient (Wildman–Crippen LogP) is 6.79. The number of fused-ring (bicyclic) bond motifs is 1. The van der Waals surface area contributed by atoms with Gasteiger partial charge in [0.2, 0.25) is 5.78 Å². The number of benzene rings is 3. The van der Waals surface area contributed by atoms with E-state index in [1.807, 2.05) is 62.4 Å². The summed E-state index contributed by atoms with van der Waals surface area (Å²) in [5.74, 6) is -0.735. The first-order chi connectivity index (χ1) is 15.5. The summed E-state index contributed by atoms with van der Waals surface area (Å²) in [7, 11) is 0. The third-order valence-electron chi connectivity index (χ3n) is 5.37. The van der Waals surface area contributed by atoms with Crippen LogP contribution in [0.25, 0.3) is 22.2 Å². The Morgan fingerprint density at radius 3 is 2.38 bits per heavy atom. The lowest BCUT2D eigenvalue weighted by Crippen LogP contribution is -2.27. The molecule has 160 valence electrons. The molecule has 0 saturated heterocycles. The molecule has 1 heterocycles. The largest absolute Gasteiger partial charge is 0.450 e. The normalized spacial score (nSPS) is 11.8. The van der Waals surface area contributed by atoms with Gasteiger partial charge in [-0.3, -0.25) is 4.79 Å². The minimum atomic E-state index is -0.853. The van der Waals surface area contributed by atoms with Gasteiger partial charge in [0.25, 0.3) is 0 Å². The number of aromatic nitrogens is 1. The number of halogens is 1. The van der Waals surface area contributed by atoms with E-state index in [4.69, 9.17) is 9.72 Å². The fourth-order valence-electron chi connectivity index (χ4n) is 3.63. The van der Waals surface area contributed by atoms with Crippen LogP contribution in [0, 0.1) is 6.92 Å². The van der Waals surface area contributed by atoms with E-state index in [2.05, 4.69) is 15.9 Å². The third-order valence-corrected chi connectivity index (χ3v) is 5.90. The van der Waals surface area contributed by atoms with Crippen molar-refractivity contribution in [2.24, 2.45) is 0 Å². The lowest BCUT2D eigenvalue weighted by molar-refractivity contribution is 0.0279. The van der Waals surface area contributed by atoms with Crippen molar-refractivity contribution in [1.29, 1.82) is 0 Å². The van der Waals surface area contributed by atoms with E-state index in [0.717, 1.165) is 21.1 Å². The molecule has 1 aromatic heterocycles. The lowest BCUT2D eigenvalue weighted by Gasteiger charge is -2.17. The molecule has 32 heavy (non-hydrogen) atoms. The van der Waals surface area contributed by atoms with Gasteiger partial charge in [0.15, 0.2) is 6.10 Å². The molecule has 1 unspecified atom stereocenters. The zero-order valence-electron chi connectivity index (χ0n) is 17.8. The molecular formula is C27H22BrNO3. The summed E-state index contributed by atoms with van der Waals surface area (Å²) in [6.07, 6.45) is -0.463. The Kier molecular flexibility index (Phi) is 6.47. The number of hydrogen-bond donors (Lipinski definition) is 0. The van der Waals surface area contributed by atoms with Gasteiger partial charge in [-0.1, -0.05) is 83.5 Å². The van der Waals surface area contributed by atoms with Crippen LogP contribution in [0.1, 0.15) is 39.6 Å². The maximum absolute atomic E-state index is 13.3. The van der Waals surface area contributed by atoms with E-state index in [0.29, 0.717) is 28.6 Å². The molecule has 0 aliphatic rings. The molecule has 0 bridgehead atoms. The maximum Gasteiger partial charge on any atom is 0.339 e. The van der Waals surface area contributed by atoms with Crippen LogP contribution in [-0.4, -0.2) is 22.8 Å². The highest BCUT2D eigenvalue weighted by atomic mass is 79.9. The van der Waals surface area contributed by atoms with Crippen molar-refractivity contribution in [2.45, 2.75) is 26.4 Å². The van der Waals surface area contributed by atoms with Gasteiger partial charge in [-0.05, 0) is 37.1 Å². The van der Waals surface area contributed by atoms with E-state index in [1.165, 1.54) is 0 Å². The van der Waals surface area contributed by atoms with E-state index in [-0.39, 0.29) is 5.78 Å². The van der Waals surface area contributed by atoms with Crippen molar-refractivity contribution in [1.82, 2.24) is 4.98 Å². The first-order valence-electron chi connectivity index (χ1n) is 10.4. The van der Waals surface area contributed by atoms with Gasteiger partial charge in [-0.25, -0.2) is 9.78 Å². The highest BCUT2D eigenvalue weighted by molar-refractivity contribution is 9.10. The van der Waals surface area contributed by atoms with Crippen molar-refractivity contribution in [3.8, 4) is 11.3 Å². The molecular weight excluding hydrogens is 466 g/mol. The molecule has 0 aliphatic carbocycles. The Balaban J connectivity index is 1.75. The Morgan fingerprint density at radius 1 is 0.969 bits per heavy atom. The van der Waals surface area contributed by atoms with Gasteiger partial charge in [0, 0.05) is 21.0 Å². The average molecular weight is 488 g/mol. The second-order valence-electron chi connectivity index (χ2n) is 7.57. The number of ether oxygens (including phenoxy) is 1. The summed E-state index contributed by atoms with van der Waals surface area (Å²) >= 11 is 3.45. The van der Waals surface area contributed by atoms with Crippen molar-refractivity contribution in [2.75, 3.05) is 0 Å². The average Bonchev–Trinajstić information content (AvgIpc) is 2.82. The first kappa shape index (κ1) is 21.9. The fraction of sp³-hybridized carbons (Fsp3) is 0.148. The van der Waals surface area contributed by atoms with Crippen LogP contribution in [0.2, 0.25) is 0 Å². The first-order valence-corrected chi connectivity index (χ1v) is 11.2. The summed E-state index contributed by atoms with van der Waals surface area (Å²) < 4.78 is 6.70. The number of rotatable bonds is 6. The second kappa shape index (κ2) is 9.45. The molecule has 0 spiro atoms. The topological polar surface area (TPSA) is 56.3 Å². The Bertz CT molecular complexity index is 1280. The lowest BCUT2D eigenvalue weighted by atomic mass is 10.0. The summed E-state index contributed by atoms with van der Waals surface area (Å²) in [6, 6.07) is 24.1. The van der Waals surface area contributed by atoms with Gasteiger partial charge in [0.1, 0.15) is 0 Å². The van der Waals surface area contributed by atoms with Crippen molar-refractivity contribution < 1.29 is 14.3 Å². The SMILES string of the molecule is CCC(OC(=O)c1cc(-c2ccc(Br)cc2)nc2c(C)cccc12)C(=O)c1ccccc1. The molecule has 1 atom stereocenters. The molecule has 0 amide bonds. The monoisotopic (exact) mass is 487 g/mol. The molecule has 0 saturated carbocycles. The standard InChI is InChI=1S/C27H22BrNO3/c1-3-24(26(30)19-9-5-4-6-10-19)32-27(31)22-16-23(18-12-14-20(28)15-13-18)29-25-17(2)8-7-11-21(22)25/h4-16,24H,3H2,1-2H3. The summed E-state index contributed by atoms with van der Waals surface area (Å²) in [5.41, 5.74) is 4.19. The number of nitrogens with zero attached hydrogens (tertiary/aromatic N) is 1. The number of para-hydroxylation sites is 1. The molecule has 4 nitrogen and oxygen atoms in total. The molecule has 0 fully saturated rings. The molecule has 0 radical (unpaired) electrons. The second-order valence-corrected chi connectivity index (χ2v) is 8.48. The van der Waals surface area contributed by atoms with Gasteiger partial charge in [-0.15, -0.1) is 0 Å². The Morgan fingerprint density at radius 2 is 1.69 bits per heavy atom. The zero-order chi connectivity index (χ0) is 22.7. The van der Waals surface area contributed by atoms with Crippen molar-refractivity contribution >= 4 is 38.6 Å². The molecule has 4 aromatic rings. The van der Waals surface area contributed by atoms with E-state index < -0.39 is 12.1 Å². The van der Waals surface area contributed by atoms with Crippen LogP contribution in [0.3, 0.4) is 0 Å².